The second kappa shape index (κ2) is 4.25. The van der Waals surface area contributed by atoms with Gasteiger partial charge in [0.15, 0.2) is 0 Å². The van der Waals surface area contributed by atoms with E-state index in [9.17, 15) is 4.79 Å². The van der Waals surface area contributed by atoms with E-state index in [1.54, 1.807) is 0 Å². The SMILES string of the molecule is COC(=O)c1c(-c2cc(C)oc2C)csc1N. The summed E-state index contributed by atoms with van der Waals surface area (Å²) in [5.41, 5.74) is 7.87. The zero-order valence-corrected chi connectivity index (χ0v) is 10.7. The molecular formula is C12H13NO3S. The smallest absolute Gasteiger partial charge is 0.341 e. The lowest BCUT2D eigenvalue weighted by Crippen LogP contribution is -2.04. The molecule has 17 heavy (non-hydrogen) atoms. The molecule has 90 valence electrons. The van der Waals surface area contributed by atoms with E-state index < -0.39 is 5.97 Å². The Morgan fingerprint density at radius 3 is 2.65 bits per heavy atom. The first kappa shape index (κ1) is 11.7. The number of carbonyl (C=O) groups excluding carboxylic acids is 1. The zero-order chi connectivity index (χ0) is 12.6. The van der Waals surface area contributed by atoms with Crippen LogP contribution in [0.4, 0.5) is 5.00 Å². The molecule has 0 aromatic carbocycles. The highest BCUT2D eigenvalue weighted by Crippen LogP contribution is 2.36. The molecule has 2 heterocycles. The summed E-state index contributed by atoms with van der Waals surface area (Å²) in [6, 6.07) is 1.89. The van der Waals surface area contributed by atoms with Gasteiger partial charge in [-0.2, -0.15) is 0 Å². The van der Waals surface area contributed by atoms with Crippen molar-refractivity contribution < 1.29 is 13.9 Å². The van der Waals surface area contributed by atoms with Gasteiger partial charge < -0.3 is 14.9 Å². The Bertz CT molecular complexity index is 568. The van der Waals surface area contributed by atoms with Crippen molar-refractivity contribution in [2.45, 2.75) is 13.8 Å². The first-order valence-electron chi connectivity index (χ1n) is 5.07. The predicted molar refractivity (Wildman–Crippen MR) is 67.2 cm³/mol. The molecule has 0 saturated heterocycles. The Morgan fingerprint density at radius 2 is 2.12 bits per heavy atom. The van der Waals surface area contributed by atoms with Crippen LogP contribution < -0.4 is 5.73 Å². The third-order valence-corrected chi connectivity index (χ3v) is 3.35. The molecule has 0 aliphatic rings. The number of hydrogen-bond acceptors (Lipinski definition) is 5. The number of nitrogens with two attached hydrogens (primary N) is 1. The molecule has 0 bridgehead atoms. The molecule has 2 aromatic heterocycles. The minimum absolute atomic E-state index is 0.418. The van der Waals surface area contributed by atoms with Crippen LogP contribution in [0, 0.1) is 13.8 Å². The summed E-state index contributed by atoms with van der Waals surface area (Å²) in [7, 11) is 1.34. The summed E-state index contributed by atoms with van der Waals surface area (Å²) in [5.74, 6) is 1.15. The average molecular weight is 251 g/mol. The second-order valence-corrected chi connectivity index (χ2v) is 4.62. The van der Waals surface area contributed by atoms with Crippen molar-refractivity contribution in [2.75, 3.05) is 12.8 Å². The maximum Gasteiger partial charge on any atom is 0.341 e. The van der Waals surface area contributed by atoms with E-state index in [1.165, 1.54) is 18.4 Å². The summed E-state index contributed by atoms with van der Waals surface area (Å²) in [6.45, 7) is 3.72. The van der Waals surface area contributed by atoms with Crippen LogP contribution in [0.3, 0.4) is 0 Å². The van der Waals surface area contributed by atoms with Crippen molar-refractivity contribution in [3.63, 3.8) is 0 Å². The van der Waals surface area contributed by atoms with Gasteiger partial charge in [0.05, 0.1) is 7.11 Å². The molecule has 2 rings (SSSR count). The first-order chi connectivity index (χ1) is 8.04. The molecule has 0 spiro atoms. The van der Waals surface area contributed by atoms with E-state index in [4.69, 9.17) is 14.9 Å². The number of hydrogen-bond donors (Lipinski definition) is 1. The minimum Gasteiger partial charge on any atom is -0.466 e. The van der Waals surface area contributed by atoms with E-state index in [0.717, 1.165) is 22.6 Å². The van der Waals surface area contributed by atoms with E-state index in [0.29, 0.717) is 10.6 Å². The van der Waals surface area contributed by atoms with E-state index in [1.807, 2.05) is 25.3 Å². The molecule has 5 heteroatoms. The fourth-order valence-electron chi connectivity index (χ4n) is 1.78. The van der Waals surface area contributed by atoms with E-state index in [2.05, 4.69) is 0 Å². The number of ether oxygens (including phenoxy) is 1. The van der Waals surface area contributed by atoms with Gasteiger partial charge in [-0.05, 0) is 19.9 Å². The Labute approximate surface area is 103 Å². The summed E-state index contributed by atoms with van der Waals surface area (Å²) in [6.07, 6.45) is 0. The monoisotopic (exact) mass is 251 g/mol. The molecule has 0 aliphatic carbocycles. The second-order valence-electron chi connectivity index (χ2n) is 3.71. The predicted octanol–water partition coefficient (Wildman–Crippen LogP) is 2.99. The molecule has 4 nitrogen and oxygen atoms in total. The number of furan rings is 1. The summed E-state index contributed by atoms with van der Waals surface area (Å²) < 4.78 is 10.2. The maximum absolute atomic E-state index is 11.7. The standard InChI is InChI=1S/C12H13NO3S/c1-6-4-8(7(2)16-6)9-5-17-11(13)10(9)12(14)15-3/h4-5H,13H2,1-3H3. The third-order valence-electron chi connectivity index (χ3n) is 2.54. The molecule has 0 unspecified atom stereocenters. The average Bonchev–Trinajstić information content (AvgIpc) is 2.80. The molecule has 0 fully saturated rings. The maximum atomic E-state index is 11.7. The first-order valence-corrected chi connectivity index (χ1v) is 5.95. The largest absolute Gasteiger partial charge is 0.466 e. The van der Waals surface area contributed by atoms with Gasteiger partial charge in [-0.1, -0.05) is 0 Å². The summed E-state index contributed by atoms with van der Waals surface area (Å²) in [5, 5.41) is 2.31. The van der Waals surface area contributed by atoms with Gasteiger partial charge in [-0.15, -0.1) is 11.3 Å². The topological polar surface area (TPSA) is 65.5 Å². The van der Waals surface area contributed by atoms with Gasteiger partial charge in [0.1, 0.15) is 22.1 Å². The summed E-state index contributed by atoms with van der Waals surface area (Å²) >= 11 is 1.32. The van der Waals surface area contributed by atoms with E-state index >= 15 is 0 Å². The van der Waals surface area contributed by atoms with Crippen molar-refractivity contribution in [1.82, 2.24) is 0 Å². The lowest BCUT2D eigenvalue weighted by atomic mass is 10.0. The van der Waals surface area contributed by atoms with E-state index in [-0.39, 0.29) is 0 Å². The van der Waals surface area contributed by atoms with Crippen molar-refractivity contribution in [1.29, 1.82) is 0 Å². The van der Waals surface area contributed by atoms with Gasteiger partial charge in [-0.25, -0.2) is 4.79 Å². The molecule has 0 atom stereocenters. The fourth-order valence-corrected chi connectivity index (χ4v) is 2.58. The van der Waals surface area contributed by atoms with Crippen molar-refractivity contribution in [3.8, 4) is 11.1 Å². The Hall–Kier alpha value is -1.75. The third kappa shape index (κ3) is 1.93. The number of anilines is 1. The number of thiophene rings is 1. The van der Waals surface area contributed by atoms with Crippen LogP contribution in [0.2, 0.25) is 0 Å². The summed E-state index contributed by atoms with van der Waals surface area (Å²) in [4.78, 5) is 11.7. The molecule has 0 aliphatic heterocycles. The van der Waals surface area contributed by atoms with Crippen LogP contribution in [0.25, 0.3) is 11.1 Å². The zero-order valence-electron chi connectivity index (χ0n) is 9.87. The molecule has 0 amide bonds. The number of methoxy groups -OCH3 is 1. The highest BCUT2D eigenvalue weighted by Gasteiger charge is 2.21. The van der Waals surface area contributed by atoms with Crippen LogP contribution in [0.15, 0.2) is 15.9 Å². The molecular weight excluding hydrogens is 238 g/mol. The van der Waals surface area contributed by atoms with Crippen molar-refractivity contribution >= 4 is 22.3 Å². The van der Waals surface area contributed by atoms with Crippen LogP contribution in [-0.2, 0) is 4.74 Å². The number of carbonyl (C=O) groups is 1. The minimum atomic E-state index is -0.419. The van der Waals surface area contributed by atoms with Gasteiger partial charge in [0.2, 0.25) is 0 Å². The van der Waals surface area contributed by atoms with Crippen molar-refractivity contribution in [3.05, 3.63) is 28.5 Å². The van der Waals surface area contributed by atoms with Crippen LogP contribution in [-0.4, -0.2) is 13.1 Å². The number of esters is 1. The lowest BCUT2D eigenvalue weighted by molar-refractivity contribution is 0.0603. The van der Waals surface area contributed by atoms with Crippen LogP contribution in [0.1, 0.15) is 21.9 Å². The highest BCUT2D eigenvalue weighted by molar-refractivity contribution is 7.14. The Morgan fingerprint density at radius 1 is 1.41 bits per heavy atom. The molecule has 0 saturated carbocycles. The fraction of sp³-hybridized carbons (Fsp3) is 0.250. The van der Waals surface area contributed by atoms with Gasteiger partial charge >= 0.3 is 5.97 Å². The number of nitrogen functional groups attached to an aromatic ring is 1. The van der Waals surface area contributed by atoms with Crippen LogP contribution in [0.5, 0.6) is 0 Å². The van der Waals surface area contributed by atoms with Gasteiger partial charge in [0, 0.05) is 16.5 Å². The highest BCUT2D eigenvalue weighted by atomic mass is 32.1. The molecule has 2 N–H and O–H groups in total. The lowest BCUT2D eigenvalue weighted by Gasteiger charge is -2.02. The van der Waals surface area contributed by atoms with Gasteiger partial charge in [0.25, 0.3) is 0 Å². The van der Waals surface area contributed by atoms with Crippen LogP contribution >= 0.6 is 11.3 Å². The number of rotatable bonds is 2. The molecule has 2 aromatic rings. The Kier molecular flexibility index (Phi) is 2.93. The van der Waals surface area contributed by atoms with Gasteiger partial charge in [-0.3, -0.25) is 0 Å². The number of aryl methyl sites for hydroxylation is 2. The Balaban J connectivity index is 2.60. The normalized spacial score (nSPS) is 10.5. The van der Waals surface area contributed by atoms with Crippen molar-refractivity contribution in [2.24, 2.45) is 0 Å². The molecule has 0 radical (unpaired) electrons. The quantitative estimate of drug-likeness (QED) is 0.833.